The van der Waals surface area contributed by atoms with Gasteiger partial charge in [-0.05, 0) is 31.4 Å². The van der Waals surface area contributed by atoms with Gasteiger partial charge >= 0.3 is 11.9 Å². The van der Waals surface area contributed by atoms with Crippen LogP contribution >= 0.6 is 0 Å². The van der Waals surface area contributed by atoms with Crippen LogP contribution < -0.4 is 9.47 Å². The Kier molecular flexibility index (Phi) is 11.4. The monoisotopic (exact) mass is 362 g/mol. The van der Waals surface area contributed by atoms with Crippen molar-refractivity contribution in [3.63, 3.8) is 0 Å². The van der Waals surface area contributed by atoms with Crippen LogP contribution in [0.25, 0.3) is 0 Å². The van der Waals surface area contributed by atoms with E-state index in [1.165, 1.54) is 0 Å². The molecule has 0 aliphatic carbocycles. The van der Waals surface area contributed by atoms with Crippen LogP contribution in [-0.4, -0.2) is 11.9 Å². The lowest BCUT2D eigenvalue weighted by Crippen LogP contribution is -2.21. The topological polar surface area (TPSA) is 52.6 Å². The lowest BCUT2D eigenvalue weighted by molar-refractivity contribution is -0.140. The first kappa shape index (κ1) is 22.2. The first-order chi connectivity index (χ1) is 12.6. The normalized spacial score (nSPS) is 11.8. The maximum absolute atomic E-state index is 12.6. The van der Waals surface area contributed by atoms with E-state index in [4.69, 9.17) is 9.47 Å². The Hall–Kier alpha value is -1.84. The Morgan fingerprint density at radius 3 is 2.04 bits per heavy atom. The molecule has 0 radical (unpaired) electrons. The van der Waals surface area contributed by atoms with E-state index in [9.17, 15) is 9.59 Å². The molecule has 0 heterocycles. The molecule has 4 nitrogen and oxygen atoms in total. The number of hydrogen-bond acceptors (Lipinski definition) is 4. The molecule has 1 aromatic carbocycles. The van der Waals surface area contributed by atoms with Crippen LogP contribution in [-0.2, 0) is 9.59 Å². The van der Waals surface area contributed by atoms with E-state index in [-0.39, 0.29) is 17.9 Å². The molecule has 0 saturated heterocycles. The minimum absolute atomic E-state index is 0.0974. The molecular formula is C22H34O4. The van der Waals surface area contributed by atoms with Crippen molar-refractivity contribution < 1.29 is 19.1 Å². The molecule has 1 atom stereocenters. The molecule has 26 heavy (non-hydrogen) atoms. The third-order valence-electron chi connectivity index (χ3n) is 4.39. The highest BCUT2D eigenvalue weighted by molar-refractivity contribution is 5.77. The number of carbonyl (C=O) groups is 2. The van der Waals surface area contributed by atoms with E-state index in [1.807, 2.05) is 0 Å². The van der Waals surface area contributed by atoms with Gasteiger partial charge in [-0.25, -0.2) is 0 Å². The van der Waals surface area contributed by atoms with Crippen LogP contribution in [0.2, 0.25) is 0 Å². The summed E-state index contributed by atoms with van der Waals surface area (Å²) in [5, 5.41) is 0. The molecule has 0 spiro atoms. The number of rotatable bonds is 13. The summed E-state index contributed by atoms with van der Waals surface area (Å²) >= 11 is 0. The van der Waals surface area contributed by atoms with Crippen molar-refractivity contribution in [3.05, 3.63) is 24.3 Å². The minimum atomic E-state index is -0.282. The number of carbonyl (C=O) groups excluding carboxylic acids is 2. The molecule has 1 unspecified atom stereocenters. The van der Waals surface area contributed by atoms with Crippen LogP contribution in [0.3, 0.4) is 0 Å². The number of unbranched alkanes of at least 4 members (excludes halogenated alkanes) is 4. The Morgan fingerprint density at radius 2 is 1.42 bits per heavy atom. The Morgan fingerprint density at radius 1 is 0.808 bits per heavy atom. The highest BCUT2D eigenvalue weighted by Crippen LogP contribution is 2.29. The molecule has 0 aliphatic heterocycles. The zero-order chi connectivity index (χ0) is 19.2. The molecule has 1 rings (SSSR count). The van der Waals surface area contributed by atoms with Crippen LogP contribution in [0.15, 0.2) is 24.3 Å². The molecular weight excluding hydrogens is 328 g/mol. The van der Waals surface area contributed by atoms with Gasteiger partial charge in [-0.1, -0.05) is 71.4 Å². The lowest BCUT2D eigenvalue weighted by Gasteiger charge is -2.16. The molecule has 0 aliphatic rings. The summed E-state index contributed by atoms with van der Waals surface area (Å²) in [5.74, 6) is 0.0522. The average Bonchev–Trinajstić information content (AvgIpc) is 2.63. The zero-order valence-electron chi connectivity index (χ0n) is 16.6. The second-order valence-corrected chi connectivity index (χ2v) is 6.78. The van der Waals surface area contributed by atoms with E-state index in [0.29, 0.717) is 17.9 Å². The highest BCUT2D eigenvalue weighted by atomic mass is 16.6. The van der Waals surface area contributed by atoms with Crippen LogP contribution in [0, 0.1) is 5.92 Å². The smallest absolute Gasteiger partial charge is 0.314 e. The highest BCUT2D eigenvalue weighted by Gasteiger charge is 2.21. The lowest BCUT2D eigenvalue weighted by atomic mass is 9.97. The van der Waals surface area contributed by atoms with E-state index in [1.54, 1.807) is 24.3 Å². The van der Waals surface area contributed by atoms with Crippen LogP contribution in [0.5, 0.6) is 11.5 Å². The maximum Gasteiger partial charge on any atom is 0.314 e. The van der Waals surface area contributed by atoms with Crippen molar-refractivity contribution in [2.75, 3.05) is 0 Å². The van der Waals surface area contributed by atoms with Crippen molar-refractivity contribution in [1.29, 1.82) is 0 Å². The zero-order valence-corrected chi connectivity index (χ0v) is 16.6. The first-order valence-corrected chi connectivity index (χ1v) is 10.1. The van der Waals surface area contributed by atoms with E-state index < -0.39 is 0 Å². The Balaban J connectivity index is 2.69. The summed E-state index contributed by atoms with van der Waals surface area (Å²) < 4.78 is 11.0. The van der Waals surface area contributed by atoms with E-state index in [2.05, 4.69) is 20.8 Å². The molecule has 0 fully saturated rings. The Bertz CT molecular complexity index is 539. The minimum Gasteiger partial charge on any atom is -0.423 e. The first-order valence-electron chi connectivity index (χ1n) is 10.1. The van der Waals surface area contributed by atoms with E-state index in [0.717, 1.165) is 57.8 Å². The van der Waals surface area contributed by atoms with Crippen molar-refractivity contribution in [2.24, 2.45) is 5.92 Å². The number of para-hydroxylation sites is 2. The molecule has 0 saturated carbocycles. The SMILES string of the molecule is CCCCCC(=O)Oc1ccccc1OC(=O)C(CCC)CCCCC. The molecule has 0 aromatic heterocycles. The number of esters is 2. The van der Waals surface area contributed by atoms with Crippen molar-refractivity contribution >= 4 is 11.9 Å². The van der Waals surface area contributed by atoms with Gasteiger partial charge in [0, 0.05) is 6.42 Å². The van der Waals surface area contributed by atoms with Crippen molar-refractivity contribution in [1.82, 2.24) is 0 Å². The van der Waals surface area contributed by atoms with Gasteiger partial charge in [0.2, 0.25) is 0 Å². The predicted octanol–water partition coefficient (Wildman–Crippen LogP) is 6.07. The second kappa shape index (κ2) is 13.4. The average molecular weight is 363 g/mol. The summed E-state index contributed by atoms with van der Waals surface area (Å²) in [6.45, 7) is 6.32. The van der Waals surface area contributed by atoms with Crippen molar-refractivity contribution in [3.8, 4) is 11.5 Å². The Labute approximate surface area is 158 Å². The number of benzene rings is 1. The van der Waals surface area contributed by atoms with Crippen LogP contribution in [0.4, 0.5) is 0 Å². The fourth-order valence-electron chi connectivity index (χ4n) is 2.87. The molecule has 0 bridgehead atoms. The predicted molar refractivity (Wildman–Crippen MR) is 104 cm³/mol. The van der Waals surface area contributed by atoms with Crippen molar-refractivity contribution in [2.45, 2.75) is 85.0 Å². The summed E-state index contributed by atoms with van der Waals surface area (Å²) in [6, 6.07) is 6.91. The van der Waals surface area contributed by atoms with Crippen LogP contribution in [0.1, 0.15) is 85.0 Å². The fraction of sp³-hybridized carbons (Fsp3) is 0.636. The molecule has 4 heteroatoms. The summed E-state index contributed by atoms with van der Waals surface area (Å²) in [5.41, 5.74) is 0. The molecule has 0 amide bonds. The van der Waals surface area contributed by atoms with Gasteiger partial charge in [0.05, 0.1) is 5.92 Å². The van der Waals surface area contributed by atoms with Gasteiger partial charge in [0.15, 0.2) is 11.5 Å². The third-order valence-corrected chi connectivity index (χ3v) is 4.39. The summed E-state index contributed by atoms with van der Waals surface area (Å²) in [7, 11) is 0. The van der Waals surface area contributed by atoms with Gasteiger partial charge in [0.25, 0.3) is 0 Å². The fourth-order valence-corrected chi connectivity index (χ4v) is 2.87. The second-order valence-electron chi connectivity index (χ2n) is 6.78. The number of hydrogen-bond donors (Lipinski definition) is 0. The van der Waals surface area contributed by atoms with Gasteiger partial charge in [-0.15, -0.1) is 0 Å². The van der Waals surface area contributed by atoms with E-state index >= 15 is 0 Å². The van der Waals surface area contributed by atoms with Gasteiger partial charge in [-0.3, -0.25) is 9.59 Å². The quantitative estimate of drug-likeness (QED) is 0.243. The molecule has 1 aromatic rings. The summed E-state index contributed by atoms with van der Waals surface area (Å²) in [6.07, 6.45) is 9.15. The largest absolute Gasteiger partial charge is 0.423 e. The maximum atomic E-state index is 12.6. The molecule has 146 valence electrons. The molecule has 0 N–H and O–H groups in total. The van der Waals surface area contributed by atoms with Gasteiger partial charge in [-0.2, -0.15) is 0 Å². The third kappa shape index (κ3) is 8.50. The van der Waals surface area contributed by atoms with Gasteiger partial charge in [0.1, 0.15) is 0 Å². The van der Waals surface area contributed by atoms with Gasteiger partial charge < -0.3 is 9.47 Å². The number of ether oxygens (including phenoxy) is 2. The summed E-state index contributed by atoms with van der Waals surface area (Å²) in [4.78, 5) is 24.6. The standard InChI is InChI=1S/C22H34O4/c1-4-7-9-14-18(13-6-3)22(24)26-20-16-12-11-15-19(20)25-21(23)17-10-8-5-2/h11-12,15-16,18H,4-10,13-14,17H2,1-3H3.